The van der Waals surface area contributed by atoms with E-state index in [1.165, 1.54) is 24.3 Å². The third-order valence-corrected chi connectivity index (χ3v) is 5.47. The first kappa shape index (κ1) is 23.6. The van der Waals surface area contributed by atoms with Crippen LogP contribution in [0.1, 0.15) is 19.4 Å². The maximum absolute atomic E-state index is 12.7. The summed E-state index contributed by atoms with van der Waals surface area (Å²) >= 11 is 0. The zero-order valence-electron chi connectivity index (χ0n) is 19.5. The van der Waals surface area contributed by atoms with Crippen molar-refractivity contribution in [1.29, 1.82) is 0 Å². The molecule has 0 unspecified atom stereocenters. The molecule has 0 aliphatic rings. The van der Waals surface area contributed by atoms with Gasteiger partial charge in [0.2, 0.25) is 5.91 Å². The minimum absolute atomic E-state index is 0.0985. The highest BCUT2D eigenvalue weighted by atomic mass is 16.6. The van der Waals surface area contributed by atoms with Gasteiger partial charge in [-0.15, -0.1) is 0 Å². The minimum atomic E-state index is -0.508. The van der Waals surface area contributed by atoms with E-state index in [-0.39, 0.29) is 5.69 Å². The number of carbonyl (C=O) groups excluding carboxylic acids is 1. The molecule has 1 N–H and O–H groups in total. The highest BCUT2D eigenvalue weighted by Gasteiger charge is 2.16. The topological polar surface area (TPSA) is 104 Å². The number of allylic oxidation sites excluding steroid dienone is 1. The number of fused-ring (bicyclic) bond motifs is 1. The number of methoxy groups -OCH3 is 1. The molecule has 35 heavy (non-hydrogen) atoms. The molecule has 0 bridgehead atoms. The number of nitro benzene ring substituents is 1. The van der Waals surface area contributed by atoms with Crippen molar-refractivity contribution in [1.82, 2.24) is 0 Å². The van der Waals surface area contributed by atoms with Gasteiger partial charge in [0.05, 0.1) is 24.9 Å². The monoisotopic (exact) mass is 472 g/mol. The minimum Gasteiger partial charge on any atom is -0.497 e. The molecule has 1 amide bonds. The summed E-state index contributed by atoms with van der Waals surface area (Å²) < 4.78 is 16.9. The zero-order valence-corrected chi connectivity index (χ0v) is 19.5. The third kappa shape index (κ3) is 5.16. The van der Waals surface area contributed by atoms with Crippen LogP contribution in [0, 0.1) is 10.1 Å². The van der Waals surface area contributed by atoms with Gasteiger partial charge in [-0.25, -0.2) is 0 Å². The van der Waals surface area contributed by atoms with Crippen molar-refractivity contribution in [2.45, 2.75) is 13.8 Å². The Morgan fingerprint density at radius 1 is 1.14 bits per heavy atom. The number of carbonyl (C=O) groups is 1. The summed E-state index contributed by atoms with van der Waals surface area (Å²) in [6.07, 6.45) is 3.13. The number of hydrogen-bond donors (Lipinski definition) is 1. The number of nitro groups is 1. The second-order valence-electron chi connectivity index (χ2n) is 7.78. The third-order valence-electron chi connectivity index (χ3n) is 5.47. The molecule has 0 saturated heterocycles. The van der Waals surface area contributed by atoms with Crippen molar-refractivity contribution >= 4 is 33.8 Å². The van der Waals surface area contributed by atoms with Crippen LogP contribution >= 0.6 is 0 Å². The Kier molecular flexibility index (Phi) is 6.82. The molecule has 0 fully saturated rings. The van der Waals surface area contributed by atoms with Crippen LogP contribution in [0.15, 0.2) is 77.4 Å². The summed E-state index contributed by atoms with van der Waals surface area (Å²) in [6.45, 7) is 4.13. The van der Waals surface area contributed by atoms with Crippen LogP contribution in [0.25, 0.3) is 27.7 Å². The molecule has 4 aromatic rings. The van der Waals surface area contributed by atoms with Gasteiger partial charge in [0.1, 0.15) is 17.1 Å². The van der Waals surface area contributed by atoms with E-state index in [0.717, 1.165) is 27.8 Å². The number of non-ortho nitro benzene ring substituents is 1. The predicted molar refractivity (Wildman–Crippen MR) is 135 cm³/mol. The maximum atomic E-state index is 12.7. The summed E-state index contributed by atoms with van der Waals surface area (Å²) in [5.41, 5.74) is 4.18. The Labute approximate surface area is 201 Å². The number of nitrogens with zero attached hydrogens (tertiary/aromatic N) is 1. The molecule has 8 nitrogen and oxygen atoms in total. The van der Waals surface area contributed by atoms with Crippen LogP contribution in [0.5, 0.6) is 11.5 Å². The van der Waals surface area contributed by atoms with E-state index in [4.69, 9.17) is 13.9 Å². The van der Waals surface area contributed by atoms with Crippen LogP contribution in [0.4, 0.5) is 11.4 Å². The summed E-state index contributed by atoms with van der Waals surface area (Å²) in [4.78, 5) is 23.2. The molecule has 0 spiro atoms. The fourth-order valence-electron chi connectivity index (χ4n) is 3.78. The number of amides is 1. The summed E-state index contributed by atoms with van der Waals surface area (Å²) in [7, 11) is 1.62. The molecular weight excluding hydrogens is 448 g/mol. The SMILES string of the molecule is CCOc1cc2occ(-c3ccc(OC)cc3)c2cc1/C(C)=C/C(=O)Nc1cccc([N+](=O)[O-])c1. The number of anilines is 1. The largest absolute Gasteiger partial charge is 0.497 e. The lowest BCUT2D eigenvalue weighted by atomic mass is 9.99. The van der Waals surface area contributed by atoms with Gasteiger partial charge in [0.15, 0.2) is 0 Å². The van der Waals surface area contributed by atoms with Crippen LogP contribution < -0.4 is 14.8 Å². The van der Waals surface area contributed by atoms with Crippen molar-refractivity contribution in [3.63, 3.8) is 0 Å². The lowest BCUT2D eigenvalue weighted by molar-refractivity contribution is -0.384. The van der Waals surface area contributed by atoms with E-state index >= 15 is 0 Å². The fraction of sp³-hybridized carbons (Fsp3) is 0.148. The van der Waals surface area contributed by atoms with Crippen molar-refractivity contribution in [2.75, 3.05) is 19.0 Å². The van der Waals surface area contributed by atoms with E-state index in [0.29, 0.717) is 29.2 Å². The Bertz CT molecular complexity index is 1420. The smallest absolute Gasteiger partial charge is 0.271 e. The zero-order chi connectivity index (χ0) is 24.9. The first-order valence-electron chi connectivity index (χ1n) is 11.0. The first-order valence-corrected chi connectivity index (χ1v) is 11.0. The Hall–Kier alpha value is -4.59. The van der Waals surface area contributed by atoms with Gasteiger partial charge in [-0.05, 0) is 49.2 Å². The predicted octanol–water partition coefficient (Wildman–Crippen LogP) is 6.46. The molecule has 1 aromatic heterocycles. The van der Waals surface area contributed by atoms with Crippen molar-refractivity contribution in [3.8, 4) is 22.6 Å². The number of nitrogens with one attached hydrogen (secondary N) is 1. The van der Waals surface area contributed by atoms with Gasteiger partial charge in [-0.2, -0.15) is 0 Å². The highest BCUT2D eigenvalue weighted by Crippen LogP contribution is 2.38. The average molecular weight is 472 g/mol. The molecule has 4 rings (SSSR count). The van der Waals surface area contributed by atoms with E-state index in [1.54, 1.807) is 19.4 Å². The second kappa shape index (κ2) is 10.1. The molecule has 3 aromatic carbocycles. The first-order chi connectivity index (χ1) is 16.9. The van der Waals surface area contributed by atoms with Gasteiger partial charge < -0.3 is 19.2 Å². The maximum Gasteiger partial charge on any atom is 0.271 e. The Morgan fingerprint density at radius 3 is 2.60 bits per heavy atom. The van der Waals surface area contributed by atoms with Crippen LogP contribution in [0.3, 0.4) is 0 Å². The van der Waals surface area contributed by atoms with Gasteiger partial charge >= 0.3 is 0 Å². The van der Waals surface area contributed by atoms with Crippen molar-refractivity contribution in [2.24, 2.45) is 0 Å². The Morgan fingerprint density at radius 2 is 1.91 bits per heavy atom. The van der Waals surface area contributed by atoms with Crippen LogP contribution in [-0.2, 0) is 4.79 Å². The fourth-order valence-corrected chi connectivity index (χ4v) is 3.78. The van der Waals surface area contributed by atoms with E-state index in [9.17, 15) is 14.9 Å². The quantitative estimate of drug-likeness (QED) is 0.179. The van der Waals surface area contributed by atoms with Gasteiger partial charge in [-0.1, -0.05) is 18.2 Å². The van der Waals surface area contributed by atoms with E-state index in [1.807, 2.05) is 50.2 Å². The van der Waals surface area contributed by atoms with Gasteiger partial charge in [0.25, 0.3) is 5.69 Å². The Balaban J connectivity index is 1.69. The van der Waals surface area contributed by atoms with Crippen LogP contribution in [-0.4, -0.2) is 24.5 Å². The number of rotatable bonds is 8. The summed E-state index contributed by atoms with van der Waals surface area (Å²) in [5.74, 6) is 0.940. The molecule has 0 aliphatic heterocycles. The summed E-state index contributed by atoms with van der Waals surface area (Å²) in [6, 6.07) is 17.2. The van der Waals surface area contributed by atoms with Crippen molar-refractivity contribution in [3.05, 3.63) is 88.7 Å². The van der Waals surface area contributed by atoms with Crippen molar-refractivity contribution < 1.29 is 23.6 Å². The molecular formula is C27H24N2O6. The van der Waals surface area contributed by atoms with E-state index < -0.39 is 10.8 Å². The molecule has 0 atom stereocenters. The lowest BCUT2D eigenvalue weighted by Gasteiger charge is -2.12. The lowest BCUT2D eigenvalue weighted by Crippen LogP contribution is -2.09. The standard InChI is InChI=1S/C27H24N2O6/c1-4-34-25-15-26-23(24(16-35-26)18-8-10-21(33-3)11-9-18)14-22(25)17(2)12-27(30)28-19-6-5-7-20(13-19)29(31)32/h5-16H,4H2,1-3H3,(H,28,30)/b17-12+. The molecule has 0 aliphatic carbocycles. The molecule has 8 heteroatoms. The van der Waals surface area contributed by atoms with Crippen LogP contribution in [0.2, 0.25) is 0 Å². The number of benzene rings is 3. The molecule has 0 radical (unpaired) electrons. The van der Waals surface area contributed by atoms with Gasteiger partial charge in [0, 0.05) is 46.5 Å². The number of furan rings is 1. The highest BCUT2D eigenvalue weighted by molar-refractivity contribution is 6.05. The molecule has 1 heterocycles. The average Bonchev–Trinajstić information content (AvgIpc) is 3.26. The van der Waals surface area contributed by atoms with E-state index in [2.05, 4.69) is 5.32 Å². The van der Waals surface area contributed by atoms with Gasteiger partial charge in [-0.3, -0.25) is 14.9 Å². The number of hydrogen-bond acceptors (Lipinski definition) is 6. The molecule has 0 saturated carbocycles. The molecule has 178 valence electrons. The normalized spacial score (nSPS) is 11.3. The number of ether oxygens (including phenoxy) is 2. The second-order valence-corrected chi connectivity index (χ2v) is 7.78. The summed E-state index contributed by atoms with van der Waals surface area (Å²) in [5, 5.41) is 14.6.